The fourth-order valence-corrected chi connectivity index (χ4v) is 1.000. The van der Waals surface area contributed by atoms with Crippen molar-refractivity contribution in [1.29, 1.82) is 0 Å². The van der Waals surface area contributed by atoms with Gasteiger partial charge in [0, 0.05) is 0 Å². The predicted octanol–water partition coefficient (Wildman–Crippen LogP) is 1.43. The van der Waals surface area contributed by atoms with Crippen LogP contribution in [0.4, 0.5) is 19.0 Å². The van der Waals surface area contributed by atoms with Crippen LogP contribution in [0.2, 0.25) is 5.15 Å². The number of carbonyl (C=O) groups is 1. The zero-order chi connectivity index (χ0) is 11.8. The van der Waals surface area contributed by atoms with Gasteiger partial charge in [0.15, 0.2) is 22.4 Å². The molecule has 0 aliphatic carbocycles. The van der Waals surface area contributed by atoms with Crippen molar-refractivity contribution in [3.8, 4) is 0 Å². The highest BCUT2D eigenvalue weighted by molar-refractivity contribution is 6.30. The second kappa shape index (κ2) is 3.54. The van der Waals surface area contributed by atoms with E-state index in [0.717, 1.165) is 0 Å². The topological polar surface area (TPSA) is 89.1 Å². The lowest BCUT2D eigenvalue weighted by Crippen LogP contribution is -2.16. The van der Waals surface area contributed by atoms with Crippen molar-refractivity contribution in [3.05, 3.63) is 16.5 Å². The highest BCUT2D eigenvalue weighted by Gasteiger charge is 2.37. The van der Waals surface area contributed by atoms with Crippen molar-refractivity contribution in [3.63, 3.8) is 0 Å². The van der Waals surface area contributed by atoms with Crippen LogP contribution in [-0.2, 0) is 6.18 Å². The molecule has 1 rings (SSSR count). The molecule has 0 spiro atoms. The van der Waals surface area contributed by atoms with Crippen molar-refractivity contribution < 1.29 is 23.1 Å². The number of alkyl halides is 3. The third-order valence-electron chi connectivity index (χ3n) is 1.35. The predicted molar refractivity (Wildman–Crippen MR) is 43.4 cm³/mol. The fraction of sp³-hybridized carbons (Fsp3) is 0.167. The minimum Gasteiger partial charge on any atom is -0.476 e. The number of nitrogen functional groups attached to an aromatic ring is 1. The summed E-state index contributed by atoms with van der Waals surface area (Å²) in [5.41, 5.74) is 2.66. The summed E-state index contributed by atoms with van der Waals surface area (Å²) in [4.78, 5) is 16.3. The monoisotopic (exact) mass is 241 g/mol. The Bertz CT molecular complexity index is 421. The standard InChI is InChI=1S/C6H3ClF3N3O2/c7-3-2(6(8,9)10)13-4(11)1(12-3)5(14)15/h(H2,11,13)(H,14,15). The average molecular weight is 242 g/mol. The van der Waals surface area contributed by atoms with E-state index < -0.39 is 34.5 Å². The van der Waals surface area contributed by atoms with Gasteiger partial charge in [-0.2, -0.15) is 13.2 Å². The van der Waals surface area contributed by atoms with Gasteiger partial charge >= 0.3 is 12.1 Å². The van der Waals surface area contributed by atoms with E-state index in [1.165, 1.54) is 0 Å². The van der Waals surface area contributed by atoms with Crippen molar-refractivity contribution in [2.24, 2.45) is 0 Å². The average Bonchev–Trinajstić information content (AvgIpc) is 2.06. The Morgan fingerprint density at radius 3 is 2.33 bits per heavy atom. The molecule has 0 radical (unpaired) electrons. The first-order valence-corrected chi connectivity index (χ1v) is 3.74. The molecule has 0 saturated carbocycles. The molecule has 0 aliphatic heterocycles. The van der Waals surface area contributed by atoms with Crippen molar-refractivity contribution >= 4 is 23.4 Å². The van der Waals surface area contributed by atoms with E-state index in [1.807, 2.05) is 0 Å². The van der Waals surface area contributed by atoms with E-state index in [9.17, 15) is 18.0 Å². The zero-order valence-electron chi connectivity index (χ0n) is 6.84. The quantitative estimate of drug-likeness (QED) is 0.776. The molecule has 9 heteroatoms. The Labute approximate surface area is 85.7 Å². The first-order chi connectivity index (χ1) is 6.73. The fourth-order valence-electron chi connectivity index (χ4n) is 0.766. The lowest BCUT2D eigenvalue weighted by atomic mass is 10.3. The molecule has 0 aliphatic rings. The molecule has 1 aromatic rings. The maximum Gasteiger partial charge on any atom is 0.436 e. The number of nitrogens with two attached hydrogens (primary N) is 1. The highest BCUT2D eigenvalue weighted by atomic mass is 35.5. The van der Waals surface area contributed by atoms with Crippen molar-refractivity contribution in [2.45, 2.75) is 6.18 Å². The molecule has 5 nitrogen and oxygen atoms in total. The number of aromatic carboxylic acids is 1. The summed E-state index contributed by atoms with van der Waals surface area (Å²) in [6, 6.07) is 0. The second-order valence-corrected chi connectivity index (χ2v) is 2.76. The van der Waals surface area contributed by atoms with Gasteiger partial charge in [-0.05, 0) is 0 Å². The molecule has 0 fully saturated rings. The zero-order valence-corrected chi connectivity index (χ0v) is 7.60. The Morgan fingerprint density at radius 1 is 1.40 bits per heavy atom. The Balaban J connectivity index is 3.39. The van der Waals surface area contributed by atoms with Crippen LogP contribution < -0.4 is 5.73 Å². The molecule has 0 atom stereocenters. The van der Waals surface area contributed by atoms with Crippen LogP contribution in [-0.4, -0.2) is 21.0 Å². The van der Waals surface area contributed by atoms with E-state index >= 15 is 0 Å². The third kappa shape index (κ3) is 2.27. The molecule has 1 aromatic heterocycles. The smallest absolute Gasteiger partial charge is 0.436 e. The lowest BCUT2D eigenvalue weighted by Gasteiger charge is -2.08. The number of aromatic nitrogens is 2. The SMILES string of the molecule is Nc1nc(C(F)(F)F)c(Cl)nc1C(=O)O. The molecular weight excluding hydrogens is 239 g/mol. The number of nitrogens with zero attached hydrogens (tertiary/aromatic N) is 2. The molecular formula is C6H3ClF3N3O2. The second-order valence-electron chi connectivity index (χ2n) is 2.40. The van der Waals surface area contributed by atoms with Crippen molar-refractivity contribution in [1.82, 2.24) is 9.97 Å². The normalized spacial score (nSPS) is 11.5. The molecule has 0 bridgehead atoms. The number of hydrogen-bond donors (Lipinski definition) is 2. The van der Waals surface area contributed by atoms with Crippen LogP contribution in [0.5, 0.6) is 0 Å². The highest BCUT2D eigenvalue weighted by Crippen LogP contribution is 2.32. The molecule has 0 unspecified atom stereocenters. The van der Waals surface area contributed by atoms with E-state index in [1.54, 1.807) is 0 Å². The molecule has 0 aromatic carbocycles. The van der Waals surface area contributed by atoms with Gasteiger partial charge in [-0.3, -0.25) is 0 Å². The largest absolute Gasteiger partial charge is 0.476 e. The summed E-state index contributed by atoms with van der Waals surface area (Å²) < 4.78 is 36.5. The van der Waals surface area contributed by atoms with E-state index in [2.05, 4.69) is 9.97 Å². The first-order valence-electron chi connectivity index (χ1n) is 3.37. The van der Waals surface area contributed by atoms with Gasteiger partial charge in [-0.15, -0.1) is 0 Å². The van der Waals surface area contributed by atoms with Crippen LogP contribution in [0.3, 0.4) is 0 Å². The van der Waals surface area contributed by atoms with Crippen LogP contribution >= 0.6 is 11.6 Å². The van der Waals surface area contributed by atoms with E-state index in [-0.39, 0.29) is 0 Å². The minimum absolute atomic E-state index is 0.812. The molecule has 3 N–H and O–H groups in total. The number of carboxylic acid groups (broad SMARTS) is 1. The maximum atomic E-state index is 12.2. The molecule has 0 saturated heterocycles. The van der Waals surface area contributed by atoms with Gasteiger partial charge in [0.2, 0.25) is 0 Å². The summed E-state index contributed by atoms with van der Waals surface area (Å²) in [6.07, 6.45) is -4.82. The Hall–Kier alpha value is -1.57. The van der Waals surface area contributed by atoms with E-state index in [0.29, 0.717) is 0 Å². The number of hydrogen-bond acceptors (Lipinski definition) is 4. The van der Waals surface area contributed by atoms with Gasteiger partial charge in [-0.1, -0.05) is 11.6 Å². The third-order valence-corrected chi connectivity index (χ3v) is 1.61. The van der Waals surface area contributed by atoms with Gasteiger partial charge in [0.25, 0.3) is 0 Å². The van der Waals surface area contributed by atoms with Gasteiger partial charge in [0.1, 0.15) is 0 Å². The molecule has 1 heterocycles. The van der Waals surface area contributed by atoms with Crippen LogP contribution in [0, 0.1) is 0 Å². The van der Waals surface area contributed by atoms with Gasteiger partial charge in [0.05, 0.1) is 0 Å². The summed E-state index contributed by atoms with van der Waals surface area (Å²) in [5.74, 6) is -2.44. The number of carboxylic acids is 1. The van der Waals surface area contributed by atoms with E-state index in [4.69, 9.17) is 22.4 Å². The molecule has 15 heavy (non-hydrogen) atoms. The molecule has 82 valence electrons. The van der Waals surface area contributed by atoms with Crippen LogP contribution in [0.1, 0.15) is 16.2 Å². The van der Waals surface area contributed by atoms with Crippen molar-refractivity contribution in [2.75, 3.05) is 5.73 Å². The summed E-state index contributed by atoms with van der Waals surface area (Å²) in [7, 11) is 0. The number of halogens is 4. The summed E-state index contributed by atoms with van der Waals surface area (Å²) in [6.45, 7) is 0. The summed E-state index contributed by atoms with van der Waals surface area (Å²) >= 11 is 5.12. The van der Waals surface area contributed by atoms with Crippen LogP contribution in [0.25, 0.3) is 0 Å². The number of anilines is 1. The lowest BCUT2D eigenvalue weighted by molar-refractivity contribution is -0.141. The van der Waals surface area contributed by atoms with Gasteiger partial charge in [-0.25, -0.2) is 14.8 Å². The maximum absolute atomic E-state index is 12.2. The minimum atomic E-state index is -4.82. The first kappa shape index (κ1) is 11.5. The Kier molecular flexibility index (Phi) is 2.71. The molecule has 0 amide bonds. The number of rotatable bonds is 1. The van der Waals surface area contributed by atoms with Gasteiger partial charge < -0.3 is 10.8 Å². The summed E-state index contributed by atoms with van der Waals surface area (Å²) in [5, 5.41) is 7.41. The van der Waals surface area contributed by atoms with Crippen LogP contribution in [0.15, 0.2) is 0 Å². The Morgan fingerprint density at radius 2 is 1.93 bits per heavy atom.